The van der Waals surface area contributed by atoms with E-state index in [4.69, 9.17) is 5.26 Å². The first-order chi connectivity index (χ1) is 6.83. The Bertz CT molecular complexity index is 298. The van der Waals surface area contributed by atoms with Gasteiger partial charge >= 0.3 is 0 Å². The highest BCUT2D eigenvalue weighted by Gasteiger charge is 1.96. The zero-order valence-corrected chi connectivity index (χ0v) is 8.40. The second-order valence-corrected chi connectivity index (χ2v) is 3.13. The first-order valence-corrected chi connectivity index (χ1v) is 4.75. The Hall–Kier alpha value is -1.41. The molecule has 0 saturated carbocycles. The van der Waals surface area contributed by atoms with Crippen LogP contribution in [0.5, 0.6) is 0 Å². The van der Waals surface area contributed by atoms with Crippen LogP contribution in [0.2, 0.25) is 0 Å². The minimum absolute atomic E-state index is 0.642. The molecule has 0 radical (unpaired) electrons. The summed E-state index contributed by atoms with van der Waals surface area (Å²) in [6.45, 7) is 1.62. The Balaban J connectivity index is 2.02. The monoisotopic (exact) mass is 193 g/mol. The summed E-state index contributed by atoms with van der Waals surface area (Å²) in [5.41, 5.74) is 0. The fourth-order valence-corrected chi connectivity index (χ4v) is 1.12. The van der Waals surface area contributed by atoms with Crippen LogP contribution in [-0.4, -0.2) is 21.3 Å². The van der Waals surface area contributed by atoms with Crippen molar-refractivity contribution in [2.75, 3.05) is 6.54 Å². The van der Waals surface area contributed by atoms with E-state index in [0.717, 1.165) is 25.2 Å². The number of nitrogens with one attached hydrogen (secondary N) is 1. The molecule has 0 amide bonds. The van der Waals surface area contributed by atoms with Gasteiger partial charge in [0.2, 0.25) is 0 Å². The summed E-state index contributed by atoms with van der Waals surface area (Å²) in [7, 11) is 1.85. The van der Waals surface area contributed by atoms with E-state index < -0.39 is 0 Å². The van der Waals surface area contributed by atoms with E-state index >= 15 is 0 Å². The fraction of sp³-hybridized carbons (Fsp3) is 0.667. The summed E-state index contributed by atoms with van der Waals surface area (Å²) in [4.78, 5) is 4.09. The van der Waals surface area contributed by atoms with Crippen molar-refractivity contribution >= 4 is 0 Å². The van der Waals surface area contributed by atoms with E-state index in [1.165, 1.54) is 0 Å². The van der Waals surface area contributed by atoms with Crippen molar-refractivity contribution in [3.63, 3.8) is 0 Å². The summed E-state index contributed by atoms with van der Waals surface area (Å²) in [6, 6.07) is 2.12. The van der Waals surface area contributed by atoms with Crippen molar-refractivity contribution in [3.05, 3.63) is 12.2 Å². The highest BCUT2D eigenvalue weighted by molar-refractivity contribution is 4.79. The lowest BCUT2D eigenvalue weighted by atomic mass is 10.2. The SMILES string of the molecule is Cn1cnc(CNCCCCC#N)n1. The van der Waals surface area contributed by atoms with Crippen molar-refractivity contribution < 1.29 is 0 Å². The standard InChI is InChI=1S/C9H15N5/c1-14-8-12-9(13-14)7-11-6-4-2-3-5-10/h8,11H,2-4,6-7H2,1H3. The first kappa shape index (κ1) is 10.7. The molecule has 0 bridgehead atoms. The molecular weight excluding hydrogens is 178 g/mol. The summed E-state index contributed by atoms with van der Waals surface area (Å²) >= 11 is 0. The number of unbranched alkanes of at least 4 members (excludes halogenated alkanes) is 2. The number of rotatable bonds is 6. The largest absolute Gasteiger partial charge is 0.310 e. The highest BCUT2D eigenvalue weighted by Crippen LogP contribution is 1.92. The van der Waals surface area contributed by atoms with Crippen LogP contribution in [0, 0.1) is 11.3 Å². The molecular formula is C9H15N5. The summed E-state index contributed by atoms with van der Waals surface area (Å²) in [6.07, 6.45) is 4.32. The Labute approximate surface area is 83.8 Å². The van der Waals surface area contributed by atoms with Gasteiger partial charge in [0.15, 0.2) is 5.82 Å². The van der Waals surface area contributed by atoms with E-state index in [1.54, 1.807) is 11.0 Å². The van der Waals surface area contributed by atoms with Crippen molar-refractivity contribution in [1.82, 2.24) is 20.1 Å². The molecule has 1 rings (SSSR count). The lowest BCUT2D eigenvalue weighted by molar-refractivity contribution is 0.607. The molecule has 0 saturated heterocycles. The predicted octanol–water partition coefficient (Wildman–Crippen LogP) is 0.599. The normalized spacial score (nSPS) is 10.0. The number of nitriles is 1. The number of aryl methyl sites for hydroxylation is 1. The molecule has 0 aliphatic heterocycles. The van der Waals surface area contributed by atoms with Gasteiger partial charge in [0, 0.05) is 13.5 Å². The number of aromatic nitrogens is 3. The topological polar surface area (TPSA) is 66.5 Å². The summed E-state index contributed by atoms with van der Waals surface area (Å²) in [5, 5.41) is 15.7. The smallest absolute Gasteiger partial charge is 0.164 e. The van der Waals surface area contributed by atoms with Gasteiger partial charge in [0.05, 0.1) is 12.6 Å². The lowest BCUT2D eigenvalue weighted by Gasteiger charge is -1.99. The maximum absolute atomic E-state index is 8.31. The van der Waals surface area contributed by atoms with Gasteiger partial charge in [0.25, 0.3) is 0 Å². The van der Waals surface area contributed by atoms with Gasteiger partial charge in [-0.1, -0.05) is 0 Å². The molecule has 0 aliphatic rings. The molecule has 0 fully saturated rings. The molecule has 5 nitrogen and oxygen atoms in total. The van der Waals surface area contributed by atoms with Gasteiger partial charge in [-0.05, 0) is 19.4 Å². The maximum Gasteiger partial charge on any atom is 0.164 e. The quantitative estimate of drug-likeness (QED) is 0.672. The zero-order chi connectivity index (χ0) is 10.2. The van der Waals surface area contributed by atoms with E-state index in [2.05, 4.69) is 21.5 Å². The molecule has 14 heavy (non-hydrogen) atoms. The molecule has 1 aromatic rings. The van der Waals surface area contributed by atoms with Crippen molar-refractivity contribution in [2.45, 2.75) is 25.8 Å². The van der Waals surface area contributed by atoms with E-state index in [1.807, 2.05) is 7.05 Å². The molecule has 0 spiro atoms. The van der Waals surface area contributed by atoms with Gasteiger partial charge < -0.3 is 5.32 Å². The van der Waals surface area contributed by atoms with Gasteiger partial charge in [-0.3, -0.25) is 4.68 Å². The minimum atomic E-state index is 0.642. The van der Waals surface area contributed by atoms with Gasteiger partial charge in [0.1, 0.15) is 6.33 Å². The third kappa shape index (κ3) is 4.01. The van der Waals surface area contributed by atoms with Crippen LogP contribution < -0.4 is 5.32 Å². The van der Waals surface area contributed by atoms with Crippen LogP contribution in [-0.2, 0) is 13.6 Å². The molecule has 0 aromatic carbocycles. The van der Waals surface area contributed by atoms with Crippen LogP contribution in [0.15, 0.2) is 6.33 Å². The molecule has 5 heteroatoms. The summed E-state index contributed by atoms with van der Waals surface area (Å²) in [5.74, 6) is 0.813. The number of nitrogens with zero attached hydrogens (tertiary/aromatic N) is 4. The number of hydrogen-bond donors (Lipinski definition) is 1. The zero-order valence-electron chi connectivity index (χ0n) is 8.40. The van der Waals surface area contributed by atoms with Crippen LogP contribution in [0.1, 0.15) is 25.1 Å². The van der Waals surface area contributed by atoms with Gasteiger partial charge in [-0.15, -0.1) is 0 Å². The molecule has 0 unspecified atom stereocenters. The molecule has 1 heterocycles. The third-order valence-corrected chi connectivity index (χ3v) is 1.82. The molecule has 0 atom stereocenters. The van der Waals surface area contributed by atoms with Crippen LogP contribution in [0.3, 0.4) is 0 Å². The minimum Gasteiger partial charge on any atom is -0.310 e. The van der Waals surface area contributed by atoms with Gasteiger partial charge in [-0.2, -0.15) is 10.4 Å². The number of hydrogen-bond acceptors (Lipinski definition) is 4. The van der Waals surface area contributed by atoms with Crippen LogP contribution in [0.25, 0.3) is 0 Å². The highest BCUT2D eigenvalue weighted by atomic mass is 15.3. The molecule has 0 aliphatic carbocycles. The molecule has 1 N–H and O–H groups in total. The van der Waals surface area contributed by atoms with Crippen molar-refractivity contribution in [3.8, 4) is 6.07 Å². The fourth-order valence-electron chi connectivity index (χ4n) is 1.12. The van der Waals surface area contributed by atoms with Crippen molar-refractivity contribution in [2.24, 2.45) is 7.05 Å². The Morgan fingerprint density at radius 2 is 2.43 bits per heavy atom. The second-order valence-electron chi connectivity index (χ2n) is 3.13. The lowest BCUT2D eigenvalue weighted by Crippen LogP contribution is -2.15. The Morgan fingerprint density at radius 1 is 1.57 bits per heavy atom. The maximum atomic E-state index is 8.31. The predicted molar refractivity (Wildman–Crippen MR) is 52.2 cm³/mol. The second kappa shape index (κ2) is 6.11. The van der Waals surface area contributed by atoms with Crippen molar-refractivity contribution in [1.29, 1.82) is 5.26 Å². The van der Waals surface area contributed by atoms with E-state index in [0.29, 0.717) is 13.0 Å². The van der Waals surface area contributed by atoms with Crippen LogP contribution >= 0.6 is 0 Å². The average Bonchev–Trinajstić information content (AvgIpc) is 2.58. The third-order valence-electron chi connectivity index (χ3n) is 1.82. The first-order valence-electron chi connectivity index (χ1n) is 4.75. The van der Waals surface area contributed by atoms with E-state index in [9.17, 15) is 0 Å². The Kier molecular flexibility index (Phi) is 4.65. The Morgan fingerprint density at radius 3 is 3.07 bits per heavy atom. The molecule has 76 valence electrons. The molecule has 1 aromatic heterocycles. The van der Waals surface area contributed by atoms with Gasteiger partial charge in [-0.25, -0.2) is 4.98 Å². The average molecular weight is 193 g/mol. The van der Waals surface area contributed by atoms with E-state index in [-0.39, 0.29) is 0 Å². The van der Waals surface area contributed by atoms with Crippen LogP contribution in [0.4, 0.5) is 0 Å². The summed E-state index contributed by atoms with van der Waals surface area (Å²) < 4.78 is 1.69.